The van der Waals surface area contributed by atoms with Crippen LogP contribution in [-0.2, 0) is 16.1 Å². The van der Waals surface area contributed by atoms with Crippen molar-refractivity contribution in [3.05, 3.63) is 35.4 Å². The molecule has 0 radical (unpaired) electrons. The molecule has 1 N–H and O–H groups in total. The molecule has 0 spiro atoms. The molecule has 17 heavy (non-hydrogen) atoms. The monoisotopic (exact) mass is 235 g/mol. The highest BCUT2D eigenvalue weighted by atomic mass is 16.4. The van der Waals surface area contributed by atoms with Gasteiger partial charge >= 0.3 is 5.97 Å². The molecule has 1 rings (SSSR count). The number of benzene rings is 1. The van der Waals surface area contributed by atoms with Crippen molar-refractivity contribution in [1.82, 2.24) is 4.90 Å². The Kier molecular flexibility index (Phi) is 4.26. The second kappa shape index (κ2) is 5.48. The predicted octanol–water partition coefficient (Wildman–Crippen LogP) is 1.67. The van der Waals surface area contributed by atoms with Crippen molar-refractivity contribution >= 4 is 11.9 Å². The summed E-state index contributed by atoms with van der Waals surface area (Å²) in [4.78, 5) is 23.9. The van der Waals surface area contributed by atoms with Gasteiger partial charge in [0.05, 0.1) is 0 Å². The summed E-state index contributed by atoms with van der Waals surface area (Å²) in [6.45, 7) is 3.80. The van der Waals surface area contributed by atoms with Crippen LogP contribution in [0.25, 0.3) is 0 Å². The Morgan fingerprint density at radius 2 is 1.94 bits per heavy atom. The predicted molar refractivity (Wildman–Crippen MR) is 64.5 cm³/mol. The second-order valence-electron chi connectivity index (χ2n) is 4.18. The number of aryl methyl sites for hydroxylation is 1. The Morgan fingerprint density at radius 3 is 2.47 bits per heavy atom. The summed E-state index contributed by atoms with van der Waals surface area (Å²) in [7, 11) is 1.62. The Morgan fingerprint density at radius 1 is 1.35 bits per heavy atom. The number of carbonyl (C=O) groups is 2. The van der Waals surface area contributed by atoms with Gasteiger partial charge in [-0.15, -0.1) is 0 Å². The highest BCUT2D eigenvalue weighted by molar-refractivity contribution is 5.96. The van der Waals surface area contributed by atoms with Gasteiger partial charge in [0.25, 0.3) is 0 Å². The third-order valence-corrected chi connectivity index (χ3v) is 2.79. The Hall–Kier alpha value is -1.84. The van der Waals surface area contributed by atoms with Crippen LogP contribution in [0.15, 0.2) is 24.3 Å². The van der Waals surface area contributed by atoms with E-state index in [9.17, 15) is 9.59 Å². The molecule has 0 aliphatic rings. The Labute approximate surface area is 101 Å². The molecular formula is C13H17NO3. The summed E-state index contributed by atoms with van der Waals surface area (Å²) >= 11 is 0. The largest absolute Gasteiger partial charge is 0.481 e. The van der Waals surface area contributed by atoms with E-state index in [1.165, 1.54) is 11.8 Å². The number of hydrogen-bond donors (Lipinski definition) is 1. The molecule has 0 saturated heterocycles. The fraction of sp³-hybridized carbons (Fsp3) is 0.385. The first-order valence-corrected chi connectivity index (χ1v) is 5.45. The van der Waals surface area contributed by atoms with E-state index in [0.717, 1.165) is 11.1 Å². The van der Waals surface area contributed by atoms with E-state index >= 15 is 0 Å². The molecule has 0 saturated carbocycles. The van der Waals surface area contributed by atoms with Crippen LogP contribution in [0.1, 0.15) is 18.1 Å². The lowest BCUT2D eigenvalue weighted by Gasteiger charge is -2.20. The molecule has 92 valence electrons. The number of hydrogen-bond acceptors (Lipinski definition) is 2. The smallest absolute Gasteiger partial charge is 0.315 e. The average Bonchev–Trinajstić information content (AvgIpc) is 2.30. The van der Waals surface area contributed by atoms with Gasteiger partial charge < -0.3 is 10.0 Å². The average molecular weight is 235 g/mol. The first-order valence-electron chi connectivity index (χ1n) is 5.45. The standard InChI is InChI=1S/C13H17NO3/c1-9-6-4-5-7-11(9)8-14(3)12(15)10(2)13(16)17/h4-7,10H,8H2,1-3H3,(H,16,17). The zero-order valence-electron chi connectivity index (χ0n) is 10.3. The molecule has 1 aromatic carbocycles. The number of carbonyl (C=O) groups excluding carboxylic acids is 1. The summed E-state index contributed by atoms with van der Waals surface area (Å²) in [6, 6.07) is 7.74. The Bertz CT molecular complexity index is 428. The Balaban J connectivity index is 2.73. The molecule has 0 aliphatic heterocycles. The lowest BCUT2D eigenvalue weighted by Crippen LogP contribution is -2.35. The van der Waals surface area contributed by atoms with Crippen LogP contribution in [0.3, 0.4) is 0 Å². The number of aliphatic carboxylic acids is 1. The fourth-order valence-electron chi connectivity index (χ4n) is 1.56. The van der Waals surface area contributed by atoms with Gasteiger partial charge in [-0.05, 0) is 25.0 Å². The van der Waals surface area contributed by atoms with E-state index in [1.54, 1.807) is 7.05 Å². The molecule has 1 aromatic rings. The quantitative estimate of drug-likeness (QED) is 0.808. The summed E-state index contributed by atoms with van der Waals surface area (Å²) < 4.78 is 0. The van der Waals surface area contributed by atoms with Crippen LogP contribution < -0.4 is 0 Å². The molecule has 0 aliphatic carbocycles. The maximum absolute atomic E-state index is 11.7. The van der Waals surface area contributed by atoms with Gasteiger partial charge in [0.15, 0.2) is 0 Å². The van der Waals surface area contributed by atoms with Crippen LogP contribution in [0, 0.1) is 12.8 Å². The van der Waals surface area contributed by atoms with Crippen molar-refractivity contribution in [2.75, 3.05) is 7.05 Å². The normalized spacial score (nSPS) is 11.9. The first kappa shape index (κ1) is 13.2. The topological polar surface area (TPSA) is 57.6 Å². The van der Waals surface area contributed by atoms with E-state index in [-0.39, 0.29) is 5.91 Å². The van der Waals surface area contributed by atoms with Gasteiger partial charge in [-0.2, -0.15) is 0 Å². The van der Waals surface area contributed by atoms with Crippen LogP contribution in [0.2, 0.25) is 0 Å². The minimum absolute atomic E-state index is 0.374. The number of amides is 1. The summed E-state index contributed by atoms with van der Waals surface area (Å²) in [5, 5.41) is 8.77. The zero-order chi connectivity index (χ0) is 13.0. The summed E-state index contributed by atoms with van der Waals surface area (Å²) in [5.74, 6) is -2.46. The van der Waals surface area contributed by atoms with Gasteiger partial charge in [0.1, 0.15) is 5.92 Å². The van der Waals surface area contributed by atoms with Gasteiger partial charge in [-0.1, -0.05) is 24.3 Å². The molecule has 0 bridgehead atoms. The minimum atomic E-state index is -1.09. The van der Waals surface area contributed by atoms with E-state index < -0.39 is 11.9 Å². The van der Waals surface area contributed by atoms with Gasteiger partial charge in [0.2, 0.25) is 5.91 Å². The maximum Gasteiger partial charge on any atom is 0.315 e. The number of carboxylic acid groups (broad SMARTS) is 1. The molecule has 1 atom stereocenters. The highest BCUT2D eigenvalue weighted by Crippen LogP contribution is 2.11. The van der Waals surface area contributed by atoms with Crippen LogP contribution >= 0.6 is 0 Å². The second-order valence-corrected chi connectivity index (χ2v) is 4.18. The highest BCUT2D eigenvalue weighted by Gasteiger charge is 2.23. The molecule has 4 nitrogen and oxygen atoms in total. The summed E-state index contributed by atoms with van der Waals surface area (Å²) in [6.07, 6.45) is 0. The van der Waals surface area contributed by atoms with E-state index in [1.807, 2.05) is 31.2 Å². The fourth-order valence-corrected chi connectivity index (χ4v) is 1.56. The van der Waals surface area contributed by atoms with E-state index in [0.29, 0.717) is 6.54 Å². The van der Waals surface area contributed by atoms with Crippen LogP contribution in [0.5, 0.6) is 0 Å². The molecule has 0 heterocycles. The van der Waals surface area contributed by atoms with Gasteiger partial charge in [-0.25, -0.2) is 0 Å². The minimum Gasteiger partial charge on any atom is -0.481 e. The SMILES string of the molecule is Cc1ccccc1CN(C)C(=O)C(C)C(=O)O. The van der Waals surface area contributed by atoms with Crippen molar-refractivity contribution in [3.8, 4) is 0 Å². The lowest BCUT2D eigenvalue weighted by molar-refractivity contribution is -0.149. The van der Waals surface area contributed by atoms with Crippen molar-refractivity contribution in [3.63, 3.8) is 0 Å². The summed E-state index contributed by atoms with van der Waals surface area (Å²) in [5.41, 5.74) is 2.12. The van der Waals surface area contributed by atoms with Crippen molar-refractivity contribution < 1.29 is 14.7 Å². The van der Waals surface area contributed by atoms with Gasteiger partial charge in [0, 0.05) is 13.6 Å². The van der Waals surface area contributed by atoms with Crippen molar-refractivity contribution in [2.24, 2.45) is 5.92 Å². The molecule has 1 unspecified atom stereocenters. The maximum atomic E-state index is 11.7. The number of carboxylic acids is 1. The van der Waals surface area contributed by atoms with Crippen LogP contribution in [0.4, 0.5) is 0 Å². The van der Waals surface area contributed by atoms with E-state index in [4.69, 9.17) is 5.11 Å². The third-order valence-electron chi connectivity index (χ3n) is 2.79. The van der Waals surface area contributed by atoms with Crippen LogP contribution in [-0.4, -0.2) is 28.9 Å². The molecule has 1 amide bonds. The van der Waals surface area contributed by atoms with Crippen molar-refractivity contribution in [2.45, 2.75) is 20.4 Å². The first-order chi connectivity index (χ1) is 7.93. The zero-order valence-corrected chi connectivity index (χ0v) is 10.3. The lowest BCUT2D eigenvalue weighted by atomic mass is 10.1. The molecular weight excluding hydrogens is 218 g/mol. The molecule has 0 fully saturated rings. The molecule has 4 heteroatoms. The van der Waals surface area contributed by atoms with E-state index in [2.05, 4.69) is 0 Å². The number of nitrogens with zero attached hydrogens (tertiary/aromatic N) is 1. The van der Waals surface area contributed by atoms with Crippen molar-refractivity contribution in [1.29, 1.82) is 0 Å². The van der Waals surface area contributed by atoms with Gasteiger partial charge in [-0.3, -0.25) is 9.59 Å². The third kappa shape index (κ3) is 3.31. The number of rotatable bonds is 4. The molecule has 0 aromatic heterocycles.